The summed E-state index contributed by atoms with van der Waals surface area (Å²) in [6, 6.07) is 43.6. The first-order valence-corrected chi connectivity index (χ1v) is 43.3. The lowest BCUT2D eigenvalue weighted by molar-refractivity contribution is 0.450. The van der Waals surface area contributed by atoms with E-state index in [1.54, 1.807) is 0 Å². The van der Waals surface area contributed by atoms with Crippen molar-refractivity contribution >= 4 is 129 Å². The van der Waals surface area contributed by atoms with Gasteiger partial charge in [-0.3, -0.25) is 27.3 Å². The summed E-state index contributed by atoms with van der Waals surface area (Å²) in [5, 5.41) is 129. The van der Waals surface area contributed by atoms with Crippen molar-refractivity contribution in [3.8, 4) is 34.5 Å². The third kappa shape index (κ3) is 20.7. The molecule has 12 N–H and O–H groups in total. The van der Waals surface area contributed by atoms with Crippen molar-refractivity contribution in [2.75, 3.05) is 0 Å². The molecule has 36 nitrogen and oxygen atoms in total. The van der Waals surface area contributed by atoms with Crippen LogP contribution in [-0.4, -0.2) is 108 Å². The van der Waals surface area contributed by atoms with Crippen molar-refractivity contribution < 1.29 is 108 Å². The highest BCUT2D eigenvalue weighted by molar-refractivity contribution is 7.87. The van der Waals surface area contributed by atoms with Gasteiger partial charge in [-0.05, 0) is 218 Å². The fourth-order valence-corrected chi connectivity index (χ4v) is 15.3. The molecular weight excluding hydrogens is 1680 g/mol. The Hall–Kier alpha value is -13.5. The predicted octanol–water partition coefficient (Wildman–Crippen LogP) is 17.8. The normalized spacial score (nSPS) is 13.4. The molecule has 120 heavy (non-hydrogen) atoms. The summed E-state index contributed by atoms with van der Waals surface area (Å²) >= 11 is 0. The number of aromatic hydroxyl groups is 6. The van der Waals surface area contributed by atoms with E-state index in [-0.39, 0.29) is 135 Å². The van der Waals surface area contributed by atoms with E-state index in [9.17, 15) is 108 Å². The molecule has 0 radical (unpaired) electrons. The van der Waals surface area contributed by atoms with Crippen molar-refractivity contribution in [3.63, 3.8) is 0 Å². The lowest BCUT2D eigenvalue weighted by atomic mass is 9.90. The molecule has 42 heteroatoms. The molecule has 0 amide bonds. The van der Waals surface area contributed by atoms with Gasteiger partial charge in [0, 0.05) is 105 Å². The van der Waals surface area contributed by atoms with Crippen molar-refractivity contribution in [1.82, 2.24) is 0 Å². The quantitative estimate of drug-likeness (QED) is 0.0280. The lowest BCUT2D eigenvalue weighted by Crippen LogP contribution is -2.01. The summed E-state index contributed by atoms with van der Waals surface area (Å²) in [4.78, 5) is -2.87. The van der Waals surface area contributed by atoms with Crippen LogP contribution in [0.2, 0.25) is 0 Å². The summed E-state index contributed by atoms with van der Waals surface area (Å²) in [7, 11) is -28.0. The van der Waals surface area contributed by atoms with E-state index >= 15 is 0 Å². The number of benzene rings is 12. The molecular formula is C78H60N12O24S6. The van der Waals surface area contributed by atoms with Crippen LogP contribution in [0.4, 0.5) is 68.2 Å². The second-order valence-corrected chi connectivity index (χ2v) is 35.3. The van der Waals surface area contributed by atoms with Gasteiger partial charge in [0.15, 0.2) is 0 Å². The van der Waals surface area contributed by atoms with Crippen molar-refractivity contribution in [3.05, 3.63) is 285 Å². The predicted molar refractivity (Wildman–Crippen MR) is 428 cm³/mol. The van der Waals surface area contributed by atoms with Gasteiger partial charge in [0.2, 0.25) is 0 Å². The molecule has 12 bridgehead atoms. The van der Waals surface area contributed by atoms with E-state index in [0.29, 0.717) is 0 Å². The number of nitrogens with zero attached hydrogens (tertiary/aromatic N) is 12. The third-order valence-corrected chi connectivity index (χ3v) is 23.5. The van der Waals surface area contributed by atoms with Gasteiger partial charge in [0.1, 0.15) is 34.5 Å². The van der Waals surface area contributed by atoms with Crippen molar-refractivity contribution in [1.29, 1.82) is 0 Å². The number of azo groups is 6. The zero-order valence-corrected chi connectivity index (χ0v) is 66.0. The summed E-state index contributed by atoms with van der Waals surface area (Å²) in [6.45, 7) is 0. The van der Waals surface area contributed by atoms with Gasteiger partial charge in [-0.2, -0.15) is 112 Å². The molecule has 0 fully saturated rings. The topological polar surface area (TPSA) is 596 Å². The SMILES string of the molecule is O=S(=O)(O)c1ccc(N=Nc2cc3c(O)c(c2)Cc2cc(N=Nc4ccc(S(=O)(=O)O)cc4)cc(c2O)Cc2cc(N=Nc4ccc(S(=O)(=O)O)cc4)cc(c2O)Cc2cc(N=Nc4ccc(S(=O)(=O)O)cc4)cc(c2O)Cc2cc(N=Nc4ccc(S(=O)(=O)O)cc4)cc(c2O)Cc2cc(N=Nc4ccc(S(=O)(=O)O)cc4)cc(c2O)C3)cc1. The van der Waals surface area contributed by atoms with Crippen LogP contribution in [0.25, 0.3) is 0 Å². The van der Waals surface area contributed by atoms with Gasteiger partial charge in [0.05, 0.1) is 97.6 Å². The Balaban J connectivity index is 1.06. The van der Waals surface area contributed by atoms with Gasteiger partial charge in [-0.15, -0.1) is 0 Å². The monoisotopic (exact) mass is 1740 g/mol. The number of hydrogen-bond acceptors (Lipinski definition) is 30. The molecule has 0 heterocycles. The molecule has 0 unspecified atom stereocenters. The Bertz CT molecular complexity index is 5820. The van der Waals surface area contributed by atoms with E-state index < -0.39 is 163 Å². The molecule has 0 saturated heterocycles. The number of hydrogen-bond donors (Lipinski definition) is 12. The molecule has 1 aliphatic carbocycles. The largest absolute Gasteiger partial charge is 0.507 e. The highest BCUT2D eigenvalue weighted by atomic mass is 32.2. The molecule has 0 aromatic heterocycles. The van der Waals surface area contributed by atoms with Crippen LogP contribution in [0.3, 0.4) is 0 Å². The fourth-order valence-electron chi connectivity index (χ4n) is 12.4. The van der Waals surface area contributed by atoms with E-state index in [0.717, 1.165) is 72.8 Å². The third-order valence-electron chi connectivity index (χ3n) is 18.3. The summed E-state index contributed by atoms with van der Waals surface area (Å²) in [6.07, 6.45) is -2.85. The first-order valence-electron chi connectivity index (χ1n) is 34.6. The molecule has 0 atom stereocenters. The Morgan fingerprint density at radius 3 is 0.342 bits per heavy atom. The Morgan fingerprint density at radius 1 is 0.158 bits per heavy atom. The highest BCUT2D eigenvalue weighted by Gasteiger charge is 2.26. The van der Waals surface area contributed by atoms with Crippen LogP contribution in [0, 0.1) is 0 Å². The average Bonchev–Trinajstić information content (AvgIpc) is 0.792. The molecule has 0 saturated carbocycles. The standard InChI is InChI=1S/C78H60N12O24S6/c91-73-43-25-45-33-62(86-80-56-3-15-68(16-4-56)116(100,101)102)35-47(74(45)92)27-49-37-64(88-82-58-7-19-70(20-8-58)118(106,107)108)39-51(76(49)94)29-53-41-66(90-84-60-11-23-72(24-12-60)120(112,113)114)42-54(78(53)96)30-52-40-65(89-83-59-9-21-71(22-10-59)119(109,110)111)38-50(77(52)95)28-48-36-63(87-81-57-5-17-69(18-6-57)117(103,104)105)34-46(75(48)93)26-44(73)32-61(31-43)85-79-55-1-13-67(14-2-55)115(97,98)99/h1-24,31-42,91-96H,25-30H2,(H,97,98,99)(H,100,101,102)(H,103,104,105)(H,106,107,108)(H,109,110,111)(H,112,113,114). The van der Waals surface area contributed by atoms with Crippen LogP contribution in [0.5, 0.6) is 34.5 Å². The van der Waals surface area contributed by atoms with Crippen LogP contribution in [0.1, 0.15) is 66.8 Å². The van der Waals surface area contributed by atoms with E-state index in [2.05, 4.69) is 61.4 Å². The highest BCUT2D eigenvalue weighted by Crippen LogP contribution is 2.46. The van der Waals surface area contributed by atoms with E-state index in [4.69, 9.17) is 0 Å². The molecule has 1 aliphatic rings. The second-order valence-electron chi connectivity index (χ2n) is 26.8. The minimum Gasteiger partial charge on any atom is -0.507 e. The van der Waals surface area contributed by atoms with Gasteiger partial charge in [-0.1, -0.05) is 0 Å². The van der Waals surface area contributed by atoms with Crippen LogP contribution in [0.15, 0.2) is 309 Å². The first kappa shape index (κ1) is 84.4. The minimum absolute atomic E-state index is 0.0383. The smallest absolute Gasteiger partial charge is 0.294 e. The van der Waals surface area contributed by atoms with Crippen LogP contribution >= 0.6 is 0 Å². The van der Waals surface area contributed by atoms with E-state index in [1.807, 2.05) is 0 Å². The molecule has 612 valence electrons. The summed E-state index contributed by atoms with van der Waals surface area (Å²) in [5.74, 6) is -3.05. The number of phenolic OH excluding ortho intramolecular Hbond substituents is 6. The zero-order valence-electron chi connectivity index (χ0n) is 61.1. The maximum absolute atomic E-state index is 12.8. The van der Waals surface area contributed by atoms with Gasteiger partial charge < -0.3 is 30.6 Å². The molecule has 0 aliphatic heterocycles. The van der Waals surface area contributed by atoms with Crippen LogP contribution in [-0.2, 0) is 99.2 Å². The Kier molecular flexibility index (Phi) is 23.8. The number of fused-ring (bicyclic) bond motifs is 12. The molecule has 12 aromatic rings. The molecule has 12 aromatic carbocycles. The zero-order chi connectivity index (χ0) is 86.0. The Labute approximate surface area is 681 Å². The van der Waals surface area contributed by atoms with Gasteiger partial charge in [0.25, 0.3) is 60.7 Å². The molecule has 0 spiro atoms. The fraction of sp³-hybridized carbons (Fsp3) is 0.0769. The average molecular weight is 1740 g/mol. The van der Waals surface area contributed by atoms with Gasteiger partial charge >= 0.3 is 0 Å². The maximum Gasteiger partial charge on any atom is 0.294 e. The number of phenols is 6. The second kappa shape index (κ2) is 33.8. The van der Waals surface area contributed by atoms with Gasteiger partial charge in [-0.25, -0.2) is 0 Å². The lowest BCUT2D eigenvalue weighted by Gasteiger charge is -2.18. The van der Waals surface area contributed by atoms with E-state index in [1.165, 1.54) is 146 Å². The number of rotatable bonds is 18. The minimum atomic E-state index is -4.67. The maximum atomic E-state index is 12.8. The first-order chi connectivity index (χ1) is 56.6. The Morgan fingerprint density at radius 2 is 0.250 bits per heavy atom. The summed E-state index contributed by atoms with van der Waals surface area (Å²) < 4.78 is 203. The summed E-state index contributed by atoms with van der Waals surface area (Å²) in [5.41, 5.74) is -0.423. The van der Waals surface area contributed by atoms with Crippen molar-refractivity contribution in [2.45, 2.75) is 67.9 Å². The van der Waals surface area contributed by atoms with Crippen molar-refractivity contribution in [2.24, 2.45) is 61.4 Å². The van der Waals surface area contributed by atoms with Crippen LogP contribution < -0.4 is 0 Å². The molecule has 13 rings (SSSR count).